The van der Waals surface area contributed by atoms with Crippen LogP contribution in [0.15, 0.2) is 30.5 Å². The summed E-state index contributed by atoms with van der Waals surface area (Å²) >= 11 is 0. The van der Waals surface area contributed by atoms with Gasteiger partial charge in [0.1, 0.15) is 0 Å². The number of morpholine rings is 1. The Morgan fingerprint density at radius 3 is 2.47 bits per heavy atom. The second kappa shape index (κ2) is 10.6. The summed E-state index contributed by atoms with van der Waals surface area (Å²) in [5.41, 5.74) is 0.405. The number of piperidine rings is 1. The second-order valence-electron chi connectivity index (χ2n) is 10.3. The quantitative estimate of drug-likeness (QED) is 0.643. The van der Waals surface area contributed by atoms with Gasteiger partial charge in [0.05, 0.1) is 18.8 Å². The van der Waals surface area contributed by atoms with E-state index >= 15 is 0 Å². The van der Waals surface area contributed by atoms with Crippen LogP contribution in [0.1, 0.15) is 43.7 Å². The van der Waals surface area contributed by atoms with Crippen molar-refractivity contribution in [3.63, 3.8) is 0 Å². The molecule has 9 nitrogen and oxygen atoms in total. The lowest BCUT2D eigenvalue weighted by Crippen LogP contribution is -2.53. The molecule has 0 aliphatic carbocycles. The first-order valence-corrected chi connectivity index (χ1v) is 13.1. The van der Waals surface area contributed by atoms with Crippen molar-refractivity contribution in [1.82, 2.24) is 19.6 Å². The zero-order valence-electron chi connectivity index (χ0n) is 21.5. The second-order valence-corrected chi connectivity index (χ2v) is 10.3. The molecule has 5 rings (SSSR count). The zero-order valence-corrected chi connectivity index (χ0v) is 21.5. The molecule has 0 bridgehead atoms. The van der Waals surface area contributed by atoms with Crippen molar-refractivity contribution in [2.45, 2.75) is 50.9 Å². The predicted molar refractivity (Wildman–Crippen MR) is 135 cm³/mol. The van der Waals surface area contributed by atoms with Gasteiger partial charge in [0.15, 0.2) is 5.82 Å². The minimum Gasteiger partial charge on any atom is -0.378 e. The van der Waals surface area contributed by atoms with Crippen LogP contribution in [0.5, 0.6) is 0 Å². The number of aromatic nitrogens is 2. The molecule has 0 saturated carbocycles. The SMILES string of the molecule is CC(=O)Nc1ccn(C(=O)N2CCC3(CCCN3Cc3ccc(C(F)(F)F)c(N4CCOCC4)c3)CC2)n1. The van der Waals surface area contributed by atoms with E-state index in [2.05, 4.69) is 15.3 Å². The molecule has 4 heterocycles. The molecule has 2 amide bonds. The maximum absolute atomic E-state index is 13.8. The summed E-state index contributed by atoms with van der Waals surface area (Å²) < 4.78 is 47.9. The first kappa shape index (κ1) is 26.5. The molecular formula is C26H33F3N6O3. The summed E-state index contributed by atoms with van der Waals surface area (Å²) in [4.78, 5) is 30.1. The Morgan fingerprint density at radius 1 is 1.05 bits per heavy atom. The number of rotatable bonds is 4. The number of nitrogens with zero attached hydrogens (tertiary/aromatic N) is 5. The van der Waals surface area contributed by atoms with Crippen molar-refractivity contribution in [2.75, 3.05) is 56.2 Å². The third-order valence-corrected chi connectivity index (χ3v) is 7.89. The van der Waals surface area contributed by atoms with Crippen molar-refractivity contribution >= 4 is 23.4 Å². The van der Waals surface area contributed by atoms with Crippen LogP contribution in [0.25, 0.3) is 0 Å². The summed E-state index contributed by atoms with van der Waals surface area (Å²) in [6, 6.07) is 5.85. The number of ether oxygens (including phenoxy) is 1. The summed E-state index contributed by atoms with van der Waals surface area (Å²) in [6.45, 7) is 5.67. The molecule has 1 spiro atoms. The van der Waals surface area contributed by atoms with Crippen molar-refractivity contribution in [1.29, 1.82) is 0 Å². The number of hydrogen-bond acceptors (Lipinski definition) is 6. The zero-order chi connectivity index (χ0) is 26.9. The van der Waals surface area contributed by atoms with Crippen LogP contribution >= 0.6 is 0 Å². The van der Waals surface area contributed by atoms with Gasteiger partial charge in [-0.2, -0.15) is 17.9 Å². The highest BCUT2D eigenvalue weighted by atomic mass is 19.4. The van der Waals surface area contributed by atoms with Gasteiger partial charge in [-0.1, -0.05) is 6.07 Å². The van der Waals surface area contributed by atoms with E-state index in [9.17, 15) is 22.8 Å². The molecule has 0 unspecified atom stereocenters. The highest BCUT2D eigenvalue weighted by Gasteiger charge is 2.44. The topological polar surface area (TPSA) is 82.9 Å². The molecule has 1 aromatic carbocycles. The van der Waals surface area contributed by atoms with Crippen molar-refractivity contribution < 1.29 is 27.5 Å². The molecular weight excluding hydrogens is 501 g/mol. The molecule has 1 aromatic heterocycles. The Balaban J connectivity index is 1.27. The normalized spacial score (nSPS) is 20.2. The molecule has 12 heteroatoms. The summed E-state index contributed by atoms with van der Waals surface area (Å²) in [6.07, 6.45) is 0.712. The first-order valence-electron chi connectivity index (χ1n) is 13.1. The minimum absolute atomic E-state index is 0.0793. The summed E-state index contributed by atoms with van der Waals surface area (Å²) in [7, 11) is 0. The van der Waals surface area contributed by atoms with Gasteiger partial charge in [-0.25, -0.2) is 4.79 Å². The lowest BCUT2D eigenvalue weighted by atomic mass is 9.84. The van der Waals surface area contributed by atoms with E-state index in [4.69, 9.17) is 4.74 Å². The number of carbonyl (C=O) groups excluding carboxylic acids is 2. The van der Waals surface area contributed by atoms with Gasteiger partial charge in [-0.3, -0.25) is 9.69 Å². The van der Waals surface area contributed by atoms with Gasteiger partial charge in [-0.15, -0.1) is 5.10 Å². The molecule has 0 radical (unpaired) electrons. The molecule has 0 atom stereocenters. The fourth-order valence-electron chi connectivity index (χ4n) is 5.95. The van der Waals surface area contributed by atoms with E-state index in [0.29, 0.717) is 51.8 Å². The number of anilines is 2. The Bertz CT molecular complexity index is 1170. The number of nitrogens with one attached hydrogen (secondary N) is 1. The van der Waals surface area contributed by atoms with Gasteiger partial charge in [0, 0.05) is 63.1 Å². The Kier molecular flexibility index (Phi) is 7.36. The molecule has 2 aromatic rings. The number of benzene rings is 1. The Labute approximate surface area is 219 Å². The van der Waals surface area contributed by atoms with E-state index in [1.54, 1.807) is 28.0 Å². The van der Waals surface area contributed by atoms with Crippen LogP contribution in [-0.4, -0.2) is 83.0 Å². The molecule has 1 N–H and O–H groups in total. The maximum atomic E-state index is 13.8. The van der Waals surface area contributed by atoms with Gasteiger partial charge in [0.2, 0.25) is 5.91 Å². The molecule has 3 aliphatic rings. The van der Waals surface area contributed by atoms with Gasteiger partial charge in [-0.05, 0) is 49.9 Å². The van der Waals surface area contributed by atoms with E-state index in [1.807, 2.05) is 0 Å². The molecule has 38 heavy (non-hydrogen) atoms. The number of carbonyl (C=O) groups is 2. The number of alkyl halides is 3. The van der Waals surface area contributed by atoms with Crippen LogP contribution in [0.2, 0.25) is 0 Å². The van der Waals surface area contributed by atoms with E-state index in [0.717, 1.165) is 37.8 Å². The van der Waals surface area contributed by atoms with E-state index in [-0.39, 0.29) is 23.2 Å². The monoisotopic (exact) mass is 534 g/mol. The van der Waals surface area contributed by atoms with Crippen LogP contribution in [0.4, 0.5) is 29.5 Å². The fourth-order valence-corrected chi connectivity index (χ4v) is 5.95. The summed E-state index contributed by atoms with van der Waals surface area (Å²) in [5, 5.41) is 6.72. The minimum atomic E-state index is -4.42. The van der Waals surface area contributed by atoms with Crippen LogP contribution in [0.3, 0.4) is 0 Å². The van der Waals surface area contributed by atoms with E-state index in [1.165, 1.54) is 23.9 Å². The Hall–Kier alpha value is -3.12. The molecule has 206 valence electrons. The van der Waals surface area contributed by atoms with Crippen LogP contribution in [-0.2, 0) is 22.3 Å². The maximum Gasteiger partial charge on any atom is 0.418 e. The van der Waals surface area contributed by atoms with E-state index < -0.39 is 11.7 Å². The third kappa shape index (κ3) is 5.51. The molecule has 3 saturated heterocycles. The number of amides is 2. The van der Waals surface area contributed by atoms with Crippen LogP contribution in [0, 0.1) is 0 Å². The fraction of sp³-hybridized carbons (Fsp3) is 0.577. The number of likely N-dealkylation sites (tertiary alicyclic amines) is 2. The van der Waals surface area contributed by atoms with Gasteiger partial charge >= 0.3 is 12.2 Å². The van der Waals surface area contributed by atoms with Crippen molar-refractivity contribution in [3.05, 3.63) is 41.6 Å². The molecule has 3 aliphatic heterocycles. The average Bonchev–Trinajstić information content (AvgIpc) is 3.51. The van der Waals surface area contributed by atoms with Crippen molar-refractivity contribution in [3.8, 4) is 0 Å². The first-order chi connectivity index (χ1) is 18.1. The van der Waals surface area contributed by atoms with Crippen molar-refractivity contribution in [2.24, 2.45) is 0 Å². The standard InChI is InChI=1S/C26H33F3N6O3/c1-19(36)30-23-5-10-35(31-23)24(37)33-11-7-25(8-12-33)6-2-9-34(25)18-20-3-4-21(26(27,28)29)22(17-20)32-13-15-38-16-14-32/h3-5,10,17H,2,6-9,11-16,18H2,1H3,(H,30,31,36). The van der Waals surface area contributed by atoms with Gasteiger partial charge < -0.3 is 19.9 Å². The smallest absolute Gasteiger partial charge is 0.378 e. The number of halogens is 3. The lowest BCUT2D eigenvalue weighted by Gasteiger charge is -2.45. The number of hydrogen-bond donors (Lipinski definition) is 1. The highest BCUT2D eigenvalue weighted by Crippen LogP contribution is 2.41. The molecule has 3 fully saturated rings. The average molecular weight is 535 g/mol. The van der Waals surface area contributed by atoms with Gasteiger partial charge in [0.25, 0.3) is 0 Å². The lowest BCUT2D eigenvalue weighted by molar-refractivity contribution is -0.137. The predicted octanol–water partition coefficient (Wildman–Crippen LogP) is 3.80. The third-order valence-electron chi connectivity index (χ3n) is 7.89. The summed E-state index contributed by atoms with van der Waals surface area (Å²) in [5.74, 6) is 0.0725. The Morgan fingerprint density at radius 2 is 1.79 bits per heavy atom. The largest absolute Gasteiger partial charge is 0.418 e. The van der Waals surface area contributed by atoms with Crippen LogP contribution < -0.4 is 10.2 Å². The highest BCUT2D eigenvalue weighted by molar-refractivity contribution is 5.88.